The first kappa shape index (κ1) is 32.2. The predicted molar refractivity (Wildman–Crippen MR) is 224 cm³/mol. The molecule has 0 fully saturated rings. The van der Waals surface area contributed by atoms with Crippen molar-refractivity contribution in [3.8, 4) is 66.8 Å². The van der Waals surface area contributed by atoms with Crippen molar-refractivity contribution in [1.29, 1.82) is 0 Å². The lowest BCUT2D eigenvalue weighted by molar-refractivity contribution is 1.15. The lowest BCUT2D eigenvalue weighted by Gasteiger charge is -2.33. The molecule has 248 valence electrons. The molecule has 0 N–H and O–H groups in total. The van der Waals surface area contributed by atoms with Crippen molar-refractivity contribution in [1.82, 2.24) is 4.98 Å². The Kier molecular flexibility index (Phi) is 8.31. The van der Waals surface area contributed by atoms with Gasteiger partial charge in [0.1, 0.15) is 13.1 Å². The molecule has 0 radical (unpaired) electrons. The zero-order chi connectivity index (χ0) is 35.1. The zero-order valence-corrected chi connectivity index (χ0v) is 31.1. The second-order valence-corrected chi connectivity index (χ2v) is 19.2. The summed E-state index contributed by atoms with van der Waals surface area (Å²) in [7, 11) is -1.90. The van der Waals surface area contributed by atoms with Crippen molar-refractivity contribution in [2.75, 3.05) is 0 Å². The third-order valence-corrected chi connectivity index (χ3v) is 15.5. The van der Waals surface area contributed by atoms with Gasteiger partial charge in [0, 0.05) is 11.1 Å². The molecule has 0 saturated heterocycles. The SMILES string of the molecule is C[Si]1(C)c2cccnc2Sc2c(-c3ccc(-c4c(-c5ccccc5)cc(-c5ccccc5)c(-c5ccccc5)c4-c4ccccc4)cc3)cccc21. The topological polar surface area (TPSA) is 12.9 Å². The van der Waals surface area contributed by atoms with E-state index in [0.29, 0.717) is 0 Å². The maximum absolute atomic E-state index is 4.84. The summed E-state index contributed by atoms with van der Waals surface area (Å²) in [5.41, 5.74) is 14.6. The average Bonchev–Trinajstić information content (AvgIpc) is 3.21. The minimum absolute atomic E-state index is 1.16. The third kappa shape index (κ3) is 5.63. The van der Waals surface area contributed by atoms with Crippen molar-refractivity contribution in [3.05, 3.63) is 188 Å². The summed E-state index contributed by atoms with van der Waals surface area (Å²) in [5.74, 6) is 0. The van der Waals surface area contributed by atoms with Gasteiger partial charge in [-0.25, -0.2) is 4.98 Å². The predicted octanol–water partition coefficient (Wildman–Crippen LogP) is 12.4. The summed E-state index contributed by atoms with van der Waals surface area (Å²) < 4.78 is 0. The second kappa shape index (κ2) is 13.4. The highest BCUT2D eigenvalue weighted by atomic mass is 32.2. The highest BCUT2D eigenvalue weighted by molar-refractivity contribution is 8.00. The summed E-state index contributed by atoms with van der Waals surface area (Å²) >= 11 is 1.83. The van der Waals surface area contributed by atoms with Gasteiger partial charge < -0.3 is 0 Å². The molecule has 7 aromatic carbocycles. The number of rotatable bonds is 6. The Morgan fingerprint density at radius 3 is 1.38 bits per heavy atom. The summed E-state index contributed by atoms with van der Waals surface area (Å²) in [6.07, 6.45) is 1.93. The number of benzene rings is 7. The molecule has 8 aromatic rings. The number of nitrogens with zero attached hydrogens (tertiary/aromatic N) is 1. The van der Waals surface area contributed by atoms with Gasteiger partial charge in [-0.05, 0) is 89.3 Å². The number of aromatic nitrogens is 1. The molecule has 0 aliphatic carbocycles. The van der Waals surface area contributed by atoms with E-state index in [9.17, 15) is 0 Å². The van der Waals surface area contributed by atoms with Crippen LogP contribution >= 0.6 is 11.8 Å². The van der Waals surface area contributed by atoms with Gasteiger partial charge in [0.05, 0.1) is 0 Å². The molecule has 0 atom stereocenters. The van der Waals surface area contributed by atoms with Crippen LogP contribution in [0, 0.1) is 0 Å². The fourth-order valence-corrected chi connectivity index (χ4v) is 13.3. The number of hydrogen-bond donors (Lipinski definition) is 0. The number of pyridine rings is 1. The fraction of sp³-hybridized carbons (Fsp3) is 0.0408. The van der Waals surface area contributed by atoms with Crippen LogP contribution in [0.2, 0.25) is 13.1 Å². The van der Waals surface area contributed by atoms with Crippen molar-refractivity contribution in [3.63, 3.8) is 0 Å². The normalized spacial score (nSPS) is 12.9. The van der Waals surface area contributed by atoms with Crippen LogP contribution in [-0.2, 0) is 0 Å². The summed E-state index contributed by atoms with van der Waals surface area (Å²) in [6, 6.07) is 66.5. The van der Waals surface area contributed by atoms with Crippen molar-refractivity contribution in [2.24, 2.45) is 0 Å². The van der Waals surface area contributed by atoms with E-state index in [4.69, 9.17) is 4.98 Å². The standard InChI is InChI=1S/C49H37NSSi/c1-52(2)43-26-15-25-40(48(43)51-49-44(52)27-16-32-50-49)36-28-30-39(31-29-36)46-42(35-19-9-4-10-20-35)33-41(34-17-7-3-8-18-34)45(37-21-11-5-12-22-37)47(46)38-23-13-6-14-24-38/h3-33H,1-2H3. The molecule has 52 heavy (non-hydrogen) atoms. The van der Waals surface area contributed by atoms with Crippen molar-refractivity contribution < 1.29 is 0 Å². The number of fused-ring (bicyclic) bond motifs is 2. The van der Waals surface area contributed by atoms with Gasteiger partial charge in [0.15, 0.2) is 0 Å². The van der Waals surface area contributed by atoms with Crippen LogP contribution in [0.4, 0.5) is 0 Å². The molecule has 9 rings (SSSR count). The Bertz CT molecular complexity index is 2530. The van der Waals surface area contributed by atoms with Crippen LogP contribution in [-0.4, -0.2) is 13.1 Å². The molecule has 1 nitrogen and oxygen atoms in total. The molecule has 0 unspecified atom stereocenters. The molecule has 0 bridgehead atoms. The smallest absolute Gasteiger partial charge is 0.117 e. The van der Waals surface area contributed by atoms with Gasteiger partial charge in [-0.3, -0.25) is 0 Å². The van der Waals surface area contributed by atoms with E-state index >= 15 is 0 Å². The fourth-order valence-electron chi connectivity index (χ4n) is 7.84. The van der Waals surface area contributed by atoms with E-state index in [1.54, 1.807) is 0 Å². The summed E-state index contributed by atoms with van der Waals surface area (Å²) in [5, 5.41) is 4.07. The van der Waals surface area contributed by atoms with Gasteiger partial charge >= 0.3 is 0 Å². The van der Waals surface area contributed by atoms with E-state index in [-0.39, 0.29) is 0 Å². The van der Waals surface area contributed by atoms with Crippen LogP contribution in [0.3, 0.4) is 0 Å². The molecule has 0 saturated carbocycles. The van der Waals surface area contributed by atoms with E-state index < -0.39 is 8.07 Å². The molecule has 3 heteroatoms. The molecule has 1 aromatic heterocycles. The second-order valence-electron chi connectivity index (χ2n) is 13.9. The summed E-state index contributed by atoms with van der Waals surface area (Å²) in [4.78, 5) is 6.19. The average molecular weight is 700 g/mol. The Morgan fingerprint density at radius 2 is 0.827 bits per heavy atom. The van der Waals surface area contributed by atoms with E-state index in [2.05, 4.69) is 195 Å². The van der Waals surface area contributed by atoms with Crippen LogP contribution in [0.1, 0.15) is 0 Å². The molecule has 0 amide bonds. The van der Waals surface area contributed by atoms with E-state index in [0.717, 1.165) is 5.03 Å². The van der Waals surface area contributed by atoms with Crippen LogP contribution in [0.25, 0.3) is 66.8 Å². The van der Waals surface area contributed by atoms with Crippen molar-refractivity contribution >= 4 is 30.2 Å². The summed E-state index contributed by atoms with van der Waals surface area (Å²) in [6.45, 7) is 4.91. The maximum Gasteiger partial charge on any atom is 0.117 e. The lowest BCUT2D eigenvalue weighted by Crippen LogP contribution is -2.56. The van der Waals surface area contributed by atoms with Gasteiger partial charge in [0.2, 0.25) is 0 Å². The lowest BCUT2D eigenvalue weighted by atomic mass is 9.79. The van der Waals surface area contributed by atoms with E-state index in [1.165, 1.54) is 82.0 Å². The molecule has 1 aliphatic rings. The van der Waals surface area contributed by atoms with E-state index in [1.807, 2.05) is 18.0 Å². The quantitative estimate of drug-likeness (QED) is 0.160. The Morgan fingerprint density at radius 1 is 0.385 bits per heavy atom. The highest BCUT2D eigenvalue weighted by Gasteiger charge is 2.37. The Labute approximate surface area is 311 Å². The monoisotopic (exact) mass is 699 g/mol. The van der Waals surface area contributed by atoms with Crippen LogP contribution in [0.15, 0.2) is 198 Å². The van der Waals surface area contributed by atoms with Gasteiger partial charge in [0.25, 0.3) is 0 Å². The Balaban J connectivity index is 1.30. The largest absolute Gasteiger partial charge is 0.250 e. The third-order valence-electron chi connectivity index (χ3n) is 10.4. The maximum atomic E-state index is 4.84. The first-order valence-electron chi connectivity index (χ1n) is 17.9. The first-order chi connectivity index (χ1) is 25.6. The molecule has 1 aliphatic heterocycles. The minimum atomic E-state index is -1.90. The first-order valence-corrected chi connectivity index (χ1v) is 21.7. The molecule has 2 heterocycles. The number of hydrogen-bond acceptors (Lipinski definition) is 2. The Hall–Kier alpha value is -5.74. The van der Waals surface area contributed by atoms with Gasteiger partial charge in [-0.15, -0.1) is 0 Å². The molecular formula is C49H37NSSi. The highest BCUT2D eigenvalue weighted by Crippen LogP contribution is 2.50. The zero-order valence-electron chi connectivity index (χ0n) is 29.3. The molecule has 0 spiro atoms. The van der Waals surface area contributed by atoms with Gasteiger partial charge in [-0.1, -0.05) is 195 Å². The minimum Gasteiger partial charge on any atom is -0.250 e. The van der Waals surface area contributed by atoms with Crippen LogP contribution < -0.4 is 10.4 Å². The van der Waals surface area contributed by atoms with Crippen molar-refractivity contribution in [2.45, 2.75) is 23.0 Å². The molecular weight excluding hydrogens is 663 g/mol. The van der Waals surface area contributed by atoms with Crippen LogP contribution in [0.5, 0.6) is 0 Å². The van der Waals surface area contributed by atoms with Gasteiger partial charge in [-0.2, -0.15) is 0 Å².